The van der Waals surface area contributed by atoms with Gasteiger partial charge in [-0.3, -0.25) is 0 Å². The molecule has 1 aromatic rings. The van der Waals surface area contributed by atoms with Crippen LogP contribution >= 0.6 is 0 Å². The van der Waals surface area contributed by atoms with Gasteiger partial charge in [0, 0.05) is 0 Å². The van der Waals surface area contributed by atoms with Gasteiger partial charge in [-0.2, -0.15) is 0 Å². The molecule has 4 heteroatoms. The lowest BCUT2D eigenvalue weighted by Gasteiger charge is -2.13. The van der Waals surface area contributed by atoms with Gasteiger partial charge in [-0.05, 0) is 35.9 Å². The van der Waals surface area contributed by atoms with Crippen molar-refractivity contribution in [1.82, 2.24) is 0 Å². The number of ether oxygens (including phenoxy) is 1. The normalized spacial score (nSPS) is 12.5. The molecule has 2 N–H and O–H groups in total. The van der Waals surface area contributed by atoms with Crippen LogP contribution in [-0.2, 0) is 0 Å². The van der Waals surface area contributed by atoms with Gasteiger partial charge >= 0.3 is 7.12 Å². The number of benzene rings is 1. The molecule has 0 spiro atoms. The van der Waals surface area contributed by atoms with E-state index in [1.807, 2.05) is 0 Å². The molecule has 0 saturated heterocycles. The second-order valence-corrected chi connectivity index (χ2v) is 6.01. The highest BCUT2D eigenvalue weighted by atomic mass is 16.5. The van der Waals surface area contributed by atoms with Gasteiger partial charge in [0.2, 0.25) is 0 Å². The molecule has 20 heavy (non-hydrogen) atoms. The summed E-state index contributed by atoms with van der Waals surface area (Å²) >= 11 is 0. The Morgan fingerprint density at radius 2 is 1.65 bits per heavy atom. The lowest BCUT2D eigenvalue weighted by atomic mass is 9.80. The highest BCUT2D eigenvalue weighted by Crippen LogP contribution is 2.16. The van der Waals surface area contributed by atoms with Crippen molar-refractivity contribution < 1.29 is 14.8 Å². The van der Waals surface area contributed by atoms with Gasteiger partial charge in [-0.15, -0.1) is 0 Å². The summed E-state index contributed by atoms with van der Waals surface area (Å²) in [6, 6.07) is 6.90. The van der Waals surface area contributed by atoms with Gasteiger partial charge < -0.3 is 14.8 Å². The fraction of sp³-hybridized carbons (Fsp3) is 0.625. The predicted molar refractivity (Wildman–Crippen MR) is 84.2 cm³/mol. The average molecular weight is 278 g/mol. The first kappa shape index (κ1) is 17.1. The number of rotatable bonds is 9. The van der Waals surface area contributed by atoms with Crippen LogP contribution in [0.15, 0.2) is 24.3 Å². The van der Waals surface area contributed by atoms with Crippen LogP contribution in [0.4, 0.5) is 0 Å². The van der Waals surface area contributed by atoms with Crippen molar-refractivity contribution in [2.45, 2.75) is 46.5 Å². The molecule has 1 aromatic carbocycles. The first-order valence-electron chi connectivity index (χ1n) is 7.58. The van der Waals surface area contributed by atoms with Crippen LogP contribution < -0.4 is 10.2 Å². The third-order valence-electron chi connectivity index (χ3n) is 3.54. The third-order valence-corrected chi connectivity index (χ3v) is 3.54. The molecule has 0 bridgehead atoms. The maximum atomic E-state index is 9.00. The molecule has 0 saturated carbocycles. The minimum atomic E-state index is -1.41. The first-order chi connectivity index (χ1) is 9.49. The summed E-state index contributed by atoms with van der Waals surface area (Å²) in [5.41, 5.74) is 0.486. The lowest BCUT2D eigenvalue weighted by Crippen LogP contribution is -2.29. The van der Waals surface area contributed by atoms with E-state index in [0.29, 0.717) is 18.0 Å². The van der Waals surface area contributed by atoms with Crippen molar-refractivity contribution in [3.63, 3.8) is 0 Å². The van der Waals surface area contributed by atoms with Crippen LogP contribution in [0, 0.1) is 11.8 Å². The molecule has 112 valence electrons. The molecule has 1 rings (SSSR count). The second kappa shape index (κ2) is 9.04. The summed E-state index contributed by atoms with van der Waals surface area (Å²) in [6.45, 7) is 7.51. The maximum absolute atomic E-state index is 9.00. The van der Waals surface area contributed by atoms with Gasteiger partial charge in [0.1, 0.15) is 5.75 Å². The summed E-state index contributed by atoms with van der Waals surface area (Å²) in [7, 11) is -1.41. The highest BCUT2D eigenvalue weighted by Gasteiger charge is 2.10. The lowest BCUT2D eigenvalue weighted by molar-refractivity contribution is 0.276. The summed E-state index contributed by atoms with van der Waals surface area (Å²) in [5, 5.41) is 18.0. The molecule has 0 unspecified atom stereocenters. The first-order valence-corrected chi connectivity index (χ1v) is 7.58. The van der Waals surface area contributed by atoms with E-state index in [1.165, 1.54) is 19.3 Å². The van der Waals surface area contributed by atoms with E-state index < -0.39 is 7.12 Å². The fourth-order valence-corrected chi connectivity index (χ4v) is 2.13. The van der Waals surface area contributed by atoms with E-state index in [0.717, 1.165) is 18.1 Å². The van der Waals surface area contributed by atoms with E-state index in [1.54, 1.807) is 24.3 Å². The van der Waals surface area contributed by atoms with E-state index in [4.69, 9.17) is 14.8 Å². The molecule has 0 radical (unpaired) electrons. The van der Waals surface area contributed by atoms with E-state index >= 15 is 0 Å². The highest BCUT2D eigenvalue weighted by molar-refractivity contribution is 6.58. The zero-order valence-corrected chi connectivity index (χ0v) is 12.9. The Labute approximate surface area is 123 Å². The summed E-state index contributed by atoms with van der Waals surface area (Å²) in [5.74, 6) is 2.26. The summed E-state index contributed by atoms with van der Waals surface area (Å²) in [4.78, 5) is 0. The Balaban J connectivity index is 2.19. The molecule has 0 aliphatic carbocycles. The van der Waals surface area contributed by atoms with Crippen molar-refractivity contribution in [2.75, 3.05) is 6.61 Å². The van der Waals surface area contributed by atoms with Crippen molar-refractivity contribution in [3.05, 3.63) is 24.3 Å². The van der Waals surface area contributed by atoms with Crippen LogP contribution in [0.3, 0.4) is 0 Å². The molecule has 1 atom stereocenters. The van der Waals surface area contributed by atoms with E-state index in [2.05, 4.69) is 20.8 Å². The zero-order valence-electron chi connectivity index (χ0n) is 12.9. The fourth-order valence-electron chi connectivity index (χ4n) is 2.13. The monoisotopic (exact) mass is 278 g/mol. The maximum Gasteiger partial charge on any atom is 0.488 e. The smallest absolute Gasteiger partial charge is 0.488 e. The topological polar surface area (TPSA) is 49.7 Å². The van der Waals surface area contributed by atoms with Crippen LogP contribution in [0.1, 0.15) is 46.5 Å². The average Bonchev–Trinajstić information content (AvgIpc) is 2.39. The molecule has 0 heterocycles. The zero-order chi connectivity index (χ0) is 15.0. The third kappa shape index (κ3) is 6.97. The Kier molecular flexibility index (Phi) is 7.71. The molecular formula is C16H27BO3. The van der Waals surface area contributed by atoms with Crippen LogP contribution in [0.2, 0.25) is 0 Å². The van der Waals surface area contributed by atoms with Crippen molar-refractivity contribution in [2.24, 2.45) is 11.8 Å². The van der Waals surface area contributed by atoms with Crippen LogP contribution in [0.25, 0.3) is 0 Å². The minimum absolute atomic E-state index is 0.486. The summed E-state index contributed by atoms with van der Waals surface area (Å²) in [6.07, 6.45) is 4.91. The predicted octanol–water partition coefficient (Wildman–Crippen LogP) is 2.60. The quantitative estimate of drug-likeness (QED) is 0.683. The number of hydrogen-bond donors (Lipinski definition) is 2. The Bertz CT molecular complexity index is 362. The van der Waals surface area contributed by atoms with Crippen molar-refractivity contribution in [1.29, 1.82) is 0 Å². The number of hydrogen-bond acceptors (Lipinski definition) is 3. The Morgan fingerprint density at radius 1 is 1.00 bits per heavy atom. The molecule has 0 aliphatic heterocycles. The van der Waals surface area contributed by atoms with Gasteiger partial charge in [0.15, 0.2) is 0 Å². The van der Waals surface area contributed by atoms with Gasteiger partial charge in [-0.25, -0.2) is 0 Å². The Morgan fingerprint density at radius 3 is 2.20 bits per heavy atom. The van der Waals surface area contributed by atoms with Crippen LogP contribution in [-0.4, -0.2) is 23.8 Å². The van der Waals surface area contributed by atoms with Crippen molar-refractivity contribution in [3.8, 4) is 5.75 Å². The largest absolute Gasteiger partial charge is 0.494 e. The van der Waals surface area contributed by atoms with Crippen molar-refractivity contribution >= 4 is 12.6 Å². The standard InChI is InChI=1S/C16H27BO3/c1-13(2)5-4-6-14(3)11-12-20-16-9-7-15(8-10-16)17(18)19/h7-10,13-14,18-19H,4-6,11-12H2,1-3H3/t14-/m0/s1. The SMILES string of the molecule is CC(C)CCC[C@H](C)CCOc1ccc(B(O)O)cc1. The minimum Gasteiger partial charge on any atom is -0.494 e. The molecule has 0 aromatic heterocycles. The van der Waals surface area contributed by atoms with Crippen LogP contribution in [0.5, 0.6) is 5.75 Å². The van der Waals surface area contributed by atoms with Gasteiger partial charge in [0.25, 0.3) is 0 Å². The van der Waals surface area contributed by atoms with Gasteiger partial charge in [0.05, 0.1) is 6.61 Å². The van der Waals surface area contributed by atoms with E-state index in [-0.39, 0.29) is 0 Å². The Hall–Kier alpha value is -0.995. The molecule has 0 amide bonds. The summed E-state index contributed by atoms with van der Waals surface area (Å²) < 4.78 is 5.68. The molecule has 0 aliphatic rings. The van der Waals surface area contributed by atoms with Gasteiger partial charge in [-0.1, -0.05) is 52.2 Å². The van der Waals surface area contributed by atoms with E-state index in [9.17, 15) is 0 Å². The molecule has 3 nitrogen and oxygen atoms in total. The molecule has 0 fully saturated rings. The molecular weight excluding hydrogens is 251 g/mol. The second-order valence-electron chi connectivity index (χ2n) is 6.01.